The maximum absolute atomic E-state index is 11.5. The van der Waals surface area contributed by atoms with Crippen molar-refractivity contribution in [2.45, 2.75) is 91.7 Å². The molecule has 170 valence electrons. The van der Waals surface area contributed by atoms with Gasteiger partial charge < -0.3 is 14.9 Å². The summed E-state index contributed by atoms with van der Waals surface area (Å²) >= 11 is 0. The fourth-order valence-corrected chi connectivity index (χ4v) is 4.53. The molecule has 2 fully saturated rings. The average Bonchev–Trinajstić information content (AvgIpc) is 2.70. The van der Waals surface area contributed by atoms with Crippen LogP contribution in [0, 0.1) is 5.92 Å². The summed E-state index contributed by atoms with van der Waals surface area (Å²) in [7, 11) is 0. The van der Waals surface area contributed by atoms with Crippen LogP contribution >= 0.6 is 0 Å². The number of likely N-dealkylation sites (tertiary alicyclic amines) is 2. The summed E-state index contributed by atoms with van der Waals surface area (Å²) < 4.78 is 0. The van der Waals surface area contributed by atoms with E-state index in [2.05, 4.69) is 57.7 Å². The number of rotatable bonds is 7. The Morgan fingerprint density at radius 3 is 2.17 bits per heavy atom. The van der Waals surface area contributed by atoms with Gasteiger partial charge in [0.05, 0.1) is 5.60 Å². The number of nitrogens with zero attached hydrogens (tertiary/aromatic N) is 2. The molecule has 2 aliphatic heterocycles. The first kappa shape index (κ1) is 24.9. The molecule has 0 radical (unpaired) electrons. The molecule has 2 rings (SSSR count). The van der Waals surface area contributed by atoms with Gasteiger partial charge in [0.1, 0.15) is 0 Å². The summed E-state index contributed by atoms with van der Waals surface area (Å²) in [4.78, 5) is 16.0. The predicted molar refractivity (Wildman–Crippen MR) is 126 cm³/mol. The molecular formula is C26H44N2O2. The van der Waals surface area contributed by atoms with Gasteiger partial charge >= 0.3 is 0 Å². The zero-order chi connectivity index (χ0) is 22.3. The number of hydrogen-bond donors (Lipinski definition) is 1. The van der Waals surface area contributed by atoms with E-state index >= 15 is 0 Å². The van der Waals surface area contributed by atoms with E-state index in [0.717, 1.165) is 0 Å². The molecule has 1 amide bonds. The van der Waals surface area contributed by atoms with Crippen LogP contribution in [0.3, 0.4) is 0 Å². The van der Waals surface area contributed by atoms with Crippen LogP contribution in [0.2, 0.25) is 0 Å². The highest BCUT2D eigenvalue weighted by atomic mass is 16.3. The third-order valence-corrected chi connectivity index (χ3v) is 7.00. The van der Waals surface area contributed by atoms with Crippen LogP contribution in [-0.2, 0) is 4.79 Å². The standard InChI is InChI=1S/C26H44N2O2/c1-7-22(5)27-14-10-24(11-15-27)18-25(20(2)3)9-8-21(4)19-26(30)12-16-28(17-13-26)23(6)29/h8-9,18,20,22,30H,7,10-17,19H2,1-6H3. The van der Waals surface area contributed by atoms with Gasteiger partial charge in [0.15, 0.2) is 0 Å². The van der Waals surface area contributed by atoms with Crippen molar-refractivity contribution in [2.75, 3.05) is 26.2 Å². The van der Waals surface area contributed by atoms with E-state index in [1.807, 2.05) is 4.90 Å². The lowest BCUT2D eigenvalue weighted by Gasteiger charge is -2.38. The van der Waals surface area contributed by atoms with E-state index in [4.69, 9.17) is 0 Å². The minimum atomic E-state index is -0.681. The van der Waals surface area contributed by atoms with Crippen molar-refractivity contribution in [1.29, 1.82) is 0 Å². The maximum atomic E-state index is 11.5. The summed E-state index contributed by atoms with van der Waals surface area (Å²) in [6, 6.07) is 0.686. The summed E-state index contributed by atoms with van der Waals surface area (Å²) in [6.07, 6.45) is 12.4. The van der Waals surface area contributed by atoms with Crippen molar-refractivity contribution in [2.24, 2.45) is 5.92 Å². The molecule has 1 atom stereocenters. The van der Waals surface area contributed by atoms with Crippen molar-refractivity contribution >= 4 is 5.91 Å². The van der Waals surface area contributed by atoms with Gasteiger partial charge in [0, 0.05) is 39.1 Å². The maximum Gasteiger partial charge on any atom is 0.219 e. The highest BCUT2D eigenvalue weighted by molar-refractivity contribution is 5.73. The van der Waals surface area contributed by atoms with E-state index in [0.29, 0.717) is 44.3 Å². The molecule has 2 aliphatic rings. The normalized spacial score (nSPS) is 22.4. The van der Waals surface area contributed by atoms with Crippen molar-refractivity contribution < 1.29 is 9.90 Å². The second kappa shape index (κ2) is 11.3. The van der Waals surface area contributed by atoms with Crippen LogP contribution in [0.15, 0.2) is 34.9 Å². The number of amides is 1. The molecule has 0 aromatic heterocycles. The van der Waals surface area contributed by atoms with Gasteiger partial charge in [-0.25, -0.2) is 0 Å². The van der Waals surface area contributed by atoms with E-state index < -0.39 is 5.60 Å². The molecule has 0 aromatic rings. The molecule has 4 nitrogen and oxygen atoms in total. The predicted octanol–water partition coefficient (Wildman–Crippen LogP) is 5.10. The molecule has 0 saturated carbocycles. The van der Waals surface area contributed by atoms with Gasteiger partial charge in [0.2, 0.25) is 5.91 Å². The third-order valence-electron chi connectivity index (χ3n) is 7.00. The van der Waals surface area contributed by atoms with E-state index in [-0.39, 0.29) is 5.91 Å². The first-order valence-electron chi connectivity index (χ1n) is 11.9. The molecule has 1 N–H and O–H groups in total. The topological polar surface area (TPSA) is 43.8 Å². The lowest BCUT2D eigenvalue weighted by molar-refractivity contribution is -0.132. The summed E-state index contributed by atoms with van der Waals surface area (Å²) in [5.74, 6) is 0.591. The number of hydrogen-bond acceptors (Lipinski definition) is 3. The smallest absolute Gasteiger partial charge is 0.219 e. The monoisotopic (exact) mass is 416 g/mol. The third kappa shape index (κ3) is 7.39. The van der Waals surface area contributed by atoms with Crippen LogP contribution in [0.4, 0.5) is 0 Å². The van der Waals surface area contributed by atoms with Gasteiger partial charge in [-0.3, -0.25) is 4.79 Å². The fourth-order valence-electron chi connectivity index (χ4n) is 4.53. The lowest BCUT2D eigenvalue weighted by atomic mass is 9.85. The Bertz CT molecular complexity index is 657. The lowest BCUT2D eigenvalue weighted by Crippen LogP contribution is -2.46. The largest absolute Gasteiger partial charge is 0.389 e. The summed E-state index contributed by atoms with van der Waals surface area (Å²) in [6.45, 7) is 16.5. The van der Waals surface area contributed by atoms with Crippen LogP contribution < -0.4 is 0 Å². The Morgan fingerprint density at radius 1 is 1.07 bits per heavy atom. The Balaban J connectivity index is 1.98. The quantitative estimate of drug-likeness (QED) is 0.587. The molecule has 2 heterocycles. The molecular weight excluding hydrogens is 372 g/mol. The fraction of sp³-hybridized carbons (Fsp3) is 0.731. The SMILES string of the molecule is CCC(C)N1CCC(=CC(=CC=C(C)CC2(O)CCN(C(C)=O)CC2)C(C)C)CC1. The van der Waals surface area contributed by atoms with Crippen molar-refractivity contribution in [3.8, 4) is 0 Å². The van der Waals surface area contributed by atoms with E-state index in [9.17, 15) is 9.90 Å². The molecule has 0 aliphatic carbocycles. The van der Waals surface area contributed by atoms with Crippen LogP contribution in [0.5, 0.6) is 0 Å². The number of carbonyl (C=O) groups excluding carboxylic acids is 1. The Morgan fingerprint density at radius 2 is 1.67 bits per heavy atom. The van der Waals surface area contributed by atoms with Crippen LogP contribution in [0.25, 0.3) is 0 Å². The Kier molecular flexibility index (Phi) is 9.36. The average molecular weight is 417 g/mol. The zero-order valence-electron chi connectivity index (χ0n) is 20.2. The molecule has 2 saturated heterocycles. The highest BCUT2D eigenvalue weighted by Gasteiger charge is 2.33. The molecule has 0 aromatic carbocycles. The second-order valence-corrected chi connectivity index (χ2v) is 9.84. The molecule has 0 bridgehead atoms. The molecule has 30 heavy (non-hydrogen) atoms. The van der Waals surface area contributed by atoms with E-state index in [1.165, 1.54) is 43.5 Å². The van der Waals surface area contributed by atoms with Crippen molar-refractivity contribution in [3.63, 3.8) is 0 Å². The minimum Gasteiger partial charge on any atom is -0.389 e. The molecule has 4 heteroatoms. The minimum absolute atomic E-state index is 0.108. The van der Waals surface area contributed by atoms with Gasteiger partial charge in [-0.2, -0.15) is 0 Å². The Labute approximate surface area is 184 Å². The van der Waals surface area contributed by atoms with Crippen molar-refractivity contribution in [1.82, 2.24) is 9.80 Å². The van der Waals surface area contributed by atoms with Crippen LogP contribution in [-0.4, -0.2) is 58.6 Å². The Hall–Kier alpha value is -1.39. The molecule has 1 unspecified atom stereocenters. The highest BCUT2D eigenvalue weighted by Crippen LogP contribution is 2.29. The number of aliphatic hydroxyl groups is 1. The number of carbonyl (C=O) groups is 1. The second-order valence-electron chi connectivity index (χ2n) is 9.84. The van der Waals surface area contributed by atoms with Gasteiger partial charge in [-0.15, -0.1) is 0 Å². The van der Waals surface area contributed by atoms with Gasteiger partial charge in [-0.05, 0) is 63.9 Å². The first-order valence-corrected chi connectivity index (χ1v) is 11.9. The zero-order valence-corrected chi connectivity index (χ0v) is 20.2. The summed E-state index contributed by atoms with van der Waals surface area (Å²) in [5, 5.41) is 11.0. The van der Waals surface area contributed by atoms with E-state index in [1.54, 1.807) is 12.5 Å². The van der Waals surface area contributed by atoms with Gasteiger partial charge in [-0.1, -0.05) is 50.1 Å². The number of piperidine rings is 2. The first-order chi connectivity index (χ1) is 14.1. The number of allylic oxidation sites excluding steroid dienone is 4. The van der Waals surface area contributed by atoms with Gasteiger partial charge in [0.25, 0.3) is 0 Å². The van der Waals surface area contributed by atoms with Crippen molar-refractivity contribution in [3.05, 3.63) is 34.9 Å². The molecule has 0 spiro atoms. The van der Waals surface area contributed by atoms with Crippen LogP contribution in [0.1, 0.15) is 80.1 Å². The summed E-state index contributed by atoms with van der Waals surface area (Å²) in [5.41, 5.74) is 3.46.